The third-order valence-corrected chi connectivity index (χ3v) is 3.46. The summed E-state index contributed by atoms with van der Waals surface area (Å²) in [6, 6.07) is 16.9. The van der Waals surface area contributed by atoms with E-state index in [-0.39, 0.29) is 11.9 Å². The van der Waals surface area contributed by atoms with Gasteiger partial charge in [0.2, 0.25) is 5.91 Å². The van der Waals surface area contributed by atoms with Gasteiger partial charge in [0.1, 0.15) is 11.8 Å². The molecule has 0 aliphatic carbocycles. The highest BCUT2D eigenvalue weighted by atomic mass is 16.5. The second kappa shape index (κ2) is 6.79. The van der Waals surface area contributed by atoms with Crippen molar-refractivity contribution in [3.8, 4) is 5.75 Å². The number of hydrogen-bond acceptors (Lipinski definition) is 3. The van der Waals surface area contributed by atoms with Gasteiger partial charge in [0, 0.05) is 24.5 Å². The van der Waals surface area contributed by atoms with Crippen molar-refractivity contribution in [2.75, 3.05) is 24.4 Å². The molecule has 0 radical (unpaired) electrons. The van der Waals surface area contributed by atoms with Gasteiger partial charge in [-0.1, -0.05) is 24.3 Å². The first-order valence-corrected chi connectivity index (χ1v) is 6.84. The number of nitrogens with zero attached hydrogens (tertiary/aromatic N) is 1. The number of carbonyl (C=O) groups is 1. The normalized spacial score (nSPS) is 11.6. The molecule has 1 amide bonds. The summed E-state index contributed by atoms with van der Waals surface area (Å²) in [5, 5.41) is 2.91. The van der Waals surface area contributed by atoms with E-state index < -0.39 is 0 Å². The van der Waals surface area contributed by atoms with Crippen molar-refractivity contribution in [3.05, 3.63) is 54.6 Å². The van der Waals surface area contributed by atoms with Crippen LogP contribution >= 0.6 is 0 Å². The lowest BCUT2D eigenvalue weighted by Gasteiger charge is -2.26. The monoisotopic (exact) mass is 284 g/mol. The van der Waals surface area contributed by atoms with E-state index in [0.717, 1.165) is 17.1 Å². The van der Waals surface area contributed by atoms with Crippen LogP contribution in [0.3, 0.4) is 0 Å². The van der Waals surface area contributed by atoms with Crippen LogP contribution in [-0.2, 0) is 4.79 Å². The van der Waals surface area contributed by atoms with Gasteiger partial charge >= 0.3 is 0 Å². The van der Waals surface area contributed by atoms with E-state index in [4.69, 9.17) is 4.74 Å². The molecule has 0 aliphatic heterocycles. The standard InChI is InChI=1S/C17H20N2O2/c1-13(19(2)15-9-5-4-6-10-15)17(20)18-14-8-7-11-16(12-14)21-3/h4-13H,1-3H3,(H,18,20)/t13-/m1/s1. The van der Waals surface area contributed by atoms with Gasteiger partial charge in [-0.2, -0.15) is 0 Å². The average molecular weight is 284 g/mol. The van der Waals surface area contributed by atoms with Gasteiger partial charge in [-0.05, 0) is 31.2 Å². The number of methoxy groups -OCH3 is 1. The maximum atomic E-state index is 12.3. The third-order valence-electron chi connectivity index (χ3n) is 3.46. The minimum atomic E-state index is -0.279. The lowest BCUT2D eigenvalue weighted by molar-refractivity contribution is -0.117. The lowest BCUT2D eigenvalue weighted by Crippen LogP contribution is -2.39. The van der Waals surface area contributed by atoms with Crippen LogP contribution in [0.1, 0.15) is 6.92 Å². The largest absolute Gasteiger partial charge is 0.497 e. The highest BCUT2D eigenvalue weighted by Crippen LogP contribution is 2.18. The topological polar surface area (TPSA) is 41.6 Å². The zero-order chi connectivity index (χ0) is 15.2. The van der Waals surface area contributed by atoms with Crippen molar-refractivity contribution in [2.45, 2.75) is 13.0 Å². The van der Waals surface area contributed by atoms with E-state index in [2.05, 4.69) is 5.32 Å². The second-order valence-corrected chi connectivity index (χ2v) is 4.84. The summed E-state index contributed by atoms with van der Waals surface area (Å²) in [6.07, 6.45) is 0. The van der Waals surface area contributed by atoms with Gasteiger partial charge in [0.05, 0.1) is 7.11 Å². The molecule has 0 aromatic heterocycles. The van der Waals surface area contributed by atoms with Gasteiger partial charge in [-0.15, -0.1) is 0 Å². The molecule has 110 valence electrons. The van der Waals surface area contributed by atoms with Crippen LogP contribution in [0.4, 0.5) is 11.4 Å². The quantitative estimate of drug-likeness (QED) is 0.917. The number of anilines is 2. The lowest BCUT2D eigenvalue weighted by atomic mass is 10.2. The van der Waals surface area contributed by atoms with Crippen LogP contribution in [-0.4, -0.2) is 26.1 Å². The Bertz CT molecular complexity index is 599. The molecule has 21 heavy (non-hydrogen) atoms. The molecule has 0 fully saturated rings. The number of benzene rings is 2. The molecule has 4 nitrogen and oxygen atoms in total. The zero-order valence-electron chi connectivity index (χ0n) is 12.5. The highest BCUT2D eigenvalue weighted by molar-refractivity contribution is 5.96. The number of ether oxygens (including phenoxy) is 1. The summed E-state index contributed by atoms with van der Waals surface area (Å²) in [6.45, 7) is 1.88. The maximum absolute atomic E-state index is 12.3. The Morgan fingerprint density at radius 1 is 1.14 bits per heavy atom. The maximum Gasteiger partial charge on any atom is 0.246 e. The zero-order valence-corrected chi connectivity index (χ0v) is 12.5. The number of amides is 1. The molecule has 1 atom stereocenters. The molecule has 0 saturated heterocycles. The molecular formula is C17H20N2O2. The first-order chi connectivity index (χ1) is 10.1. The van der Waals surface area contributed by atoms with Crippen LogP contribution in [0.2, 0.25) is 0 Å². The minimum Gasteiger partial charge on any atom is -0.497 e. The van der Waals surface area contributed by atoms with Crippen molar-refractivity contribution < 1.29 is 9.53 Å². The Kier molecular flexibility index (Phi) is 4.82. The van der Waals surface area contributed by atoms with Crippen LogP contribution in [0.15, 0.2) is 54.6 Å². The Hall–Kier alpha value is -2.49. The Balaban J connectivity index is 2.05. The summed E-state index contributed by atoms with van der Waals surface area (Å²) in [7, 11) is 3.51. The number of likely N-dealkylation sites (N-methyl/N-ethyl adjacent to an activating group) is 1. The van der Waals surface area contributed by atoms with Gasteiger partial charge in [0.25, 0.3) is 0 Å². The van der Waals surface area contributed by atoms with Crippen molar-refractivity contribution in [3.63, 3.8) is 0 Å². The molecule has 0 heterocycles. The van der Waals surface area contributed by atoms with E-state index in [0.29, 0.717) is 0 Å². The van der Waals surface area contributed by atoms with Gasteiger partial charge in [-0.3, -0.25) is 4.79 Å². The number of nitrogens with one attached hydrogen (secondary N) is 1. The van der Waals surface area contributed by atoms with Crippen molar-refractivity contribution in [2.24, 2.45) is 0 Å². The Morgan fingerprint density at radius 2 is 1.86 bits per heavy atom. The molecule has 1 N–H and O–H groups in total. The van der Waals surface area contributed by atoms with E-state index in [9.17, 15) is 4.79 Å². The van der Waals surface area contributed by atoms with Crippen molar-refractivity contribution in [1.82, 2.24) is 0 Å². The fourth-order valence-electron chi connectivity index (χ4n) is 2.01. The number of carbonyl (C=O) groups excluding carboxylic acids is 1. The first kappa shape index (κ1) is 14.9. The van der Waals surface area contributed by atoms with Crippen LogP contribution < -0.4 is 15.0 Å². The number of para-hydroxylation sites is 1. The predicted molar refractivity (Wildman–Crippen MR) is 85.9 cm³/mol. The highest BCUT2D eigenvalue weighted by Gasteiger charge is 2.18. The molecule has 4 heteroatoms. The van der Waals surface area contributed by atoms with Gasteiger partial charge < -0.3 is 15.0 Å². The van der Waals surface area contributed by atoms with Crippen molar-refractivity contribution >= 4 is 17.3 Å². The van der Waals surface area contributed by atoms with Gasteiger partial charge in [0.15, 0.2) is 0 Å². The number of hydrogen-bond donors (Lipinski definition) is 1. The first-order valence-electron chi connectivity index (χ1n) is 6.84. The summed E-state index contributed by atoms with van der Waals surface area (Å²) in [5.41, 5.74) is 1.73. The predicted octanol–water partition coefficient (Wildman–Crippen LogP) is 3.16. The fraction of sp³-hybridized carbons (Fsp3) is 0.235. The van der Waals surface area contributed by atoms with E-state index in [1.165, 1.54) is 0 Å². The minimum absolute atomic E-state index is 0.0605. The molecule has 2 aromatic carbocycles. The van der Waals surface area contributed by atoms with E-state index >= 15 is 0 Å². The summed E-state index contributed by atoms with van der Waals surface area (Å²) in [4.78, 5) is 14.3. The summed E-state index contributed by atoms with van der Waals surface area (Å²) >= 11 is 0. The SMILES string of the molecule is COc1cccc(NC(=O)[C@@H](C)N(C)c2ccccc2)c1. The van der Waals surface area contributed by atoms with Crippen LogP contribution in [0, 0.1) is 0 Å². The Morgan fingerprint density at radius 3 is 2.52 bits per heavy atom. The molecule has 0 aliphatic rings. The molecule has 0 spiro atoms. The molecule has 2 aromatic rings. The Labute approximate surface area is 125 Å². The summed E-state index contributed by atoms with van der Waals surface area (Å²) in [5.74, 6) is 0.659. The van der Waals surface area contributed by atoms with Gasteiger partial charge in [-0.25, -0.2) is 0 Å². The van der Waals surface area contributed by atoms with Crippen LogP contribution in [0.5, 0.6) is 5.75 Å². The van der Waals surface area contributed by atoms with Crippen LogP contribution in [0.25, 0.3) is 0 Å². The van der Waals surface area contributed by atoms with E-state index in [1.54, 1.807) is 13.2 Å². The van der Waals surface area contributed by atoms with Crippen molar-refractivity contribution in [1.29, 1.82) is 0 Å². The average Bonchev–Trinajstić information content (AvgIpc) is 2.54. The smallest absolute Gasteiger partial charge is 0.246 e. The fourth-order valence-corrected chi connectivity index (χ4v) is 2.01. The second-order valence-electron chi connectivity index (χ2n) is 4.84. The molecule has 0 unspecified atom stereocenters. The molecule has 2 rings (SSSR count). The third kappa shape index (κ3) is 3.75. The summed E-state index contributed by atoms with van der Waals surface area (Å²) < 4.78 is 5.15. The molecule has 0 saturated carbocycles. The number of rotatable bonds is 5. The van der Waals surface area contributed by atoms with E-state index in [1.807, 2.05) is 67.4 Å². The molecular weight excluding hydrogens is 264 g/mol. The molecule has 0 bridgehead atoms.